The highest BCUT2D eigenvalue weighted by atomic mass is 16.7. The molecule has 0 aromatic heterocycles. The molecule has 4 aliphatic rings. The Morgan fingerprint density at radius 2 is 1.71 bits per heavy atom. The minimum Gasteiger partial charge on any atom is -0.462 e. The Kier molecular flexibility index (Phi) is 5.91. The molecule has 10 nitrogen and oxygen atoms in total. The van der Waals surface area contributed by atoms with E-state index >= 15 is 0 Å². The van der Waals surface area contributed by atoms with Crippen LogP contribution in [-0.4, -0.2) is 81.1 Å². The van der Waals surface area contributed by atoms with Crippen LogP contribution >= 0.6 is 0 Å². The van der Waals surface area contributed by atoms with Crippen molar-refractivity contribution in [2.45, 2.75) is 102 Å². The first-order valence-electron chi connectivity index (χ1n) is 11.7. The summed E-state index contributed by atoms with van der Waals surface area (Å²) in [6.07, 6.45) is -4.93. The number of fused-ring (bicyclic) bond motifs is 1. The van der Waals surface area contributed by atoms with E-state index in [0.29, 0.717) is 5.57 Å². The average Bonchev–Trinajstić information content (AvgIpc) is 3.31. The Morgan fingerprint density at radius 3 is 2.26 bits per heavy atom. The van der Waals surface area contributed by atoms with Crippen LogP contribution in [0.4, 0.5) is 0 Å². The van der Waals surface area contributed by atoms with Crippen molar-refractivity contribution in [2.24, 2.45) is 17.3 Å². The third-order valence-electron chi connectivity index (χ3n) is 8.52. The van der Waals surface area contributed by atoms with E-state index < -0.39 is 83.0 Å². The number of hydrogen-bond donors (Lipinski definition) is 3. The molecule has 0 radical (unpaired) electrons. The van der Waals surface area contributed by atoms with Crippen LogP contribution in [0.25, 0.3) is 0 Å². The highest BCUT2D eigenvalue weighted by molar-refractivity contribution is 5.88. The minimum atomic E-state index is -1.43. The molecule has 0 amide bonds. The molecule has 3 N–H and O–H groups in total. The lowest BCUT2D eigenvalue weighted by atomic mass is 9.53. The van der Waals surface area contributed by atoms with Gasteiger partial charge in [-0.05, 0) is 25.8 Å². The first-order valence-corrected chi connectivity index (χ1v) is 11.7. The molecule has 4 rings (SSSR count). The fourth-order valence-corrected chi connectivity index (χ4v) is 6.67. The van der Waals surface area contributed by atoms with Gasteiger partial charge in [-0.15, -0.1) is 0 Å². The smallest absolute Gasteiger partial charge is 0.342 e. The first kappa shape index (κ1) is 25.1. The highest BCUT2D eigenvalue weighted by Crippen LogP contribution is 2.64. The maximum Gasteiger partial charge on any atom is 0.342 e. The first-order chi connectivity index (χ1) is 15.7. The molecule has 0 bridgehead atoms. The van der Waals surface area contributed by atoms with Crippen LogP contribution in [0.1, 0.15) is 54.4 Å². The third-order valence-corrected chi connectivity index (χ3v) is 8.52. The lowest BCUT2D eigenvalue weighted by Crippen LogP contribution is -2.66. The molecule has 190 valence electrons. The van der Waals surface area contributed by atoms with Gasteiger partial charge in [-0.2, -0.15) is 0 Å². The van der Waals surface area contributed by atoms with E-state index in [9.17, 15) is 29.7 Å². The molecule has 1 spiro atoms. The SMILES string of the molecule is CC(=O)O[C@H]1C/C(C)=C\[C@@H]2OC(=O)[C@]3(C)O[C@@]23[C@H](O)[C@H]2[C@@H](C)[C@@H](O)C[C@H](OC(C)=O)[C@]2(C)[C@@H]1O. The Bertz CT molecular complexity index is 931. The van der Waals surface area contributed by atoms with E-state index in [1.165, 1.54) is 13.8 Å². The van der Waals surface area contributed by atoms with E-state index in [-0.39, 0.29) is 12.8 Å². The minimum absolute atomic E-state index is 0.0170. The van der Waals surface area contributed by atoms with E-state index in [0.717, 1.165) is 0 Å². The molecule has 0 unspecified atom stereocenters. The number of aliphatic hydroxyl groups is 3. The number of rotatable bonds is 2. The summed E-state index contributed by atoms with van der Waals surface area (Å²) >= 11 is 0. The van der Waals surface area contributed by atoms with Crippen molar-refractivity contribution in [1.82, 2.24) is 0 Å². The van der Waals surface area contributed by atoms with Crippen LogP contribution in [0, 0.1) is 17.3 Å². The summed E-state index contributed by atoms with van der Waals surface area (Å²) in [5, 5.41) is 34.5. The van der Waals surface area contributed by atoms with Crippen molar-refractivity contribution >= 4 is 17.9 Å². The van der Waals surface area contributed by atoms with Crippen molar-refractivity contribution in [1.29, 1.82) is 0 Å². The molecule has 11 atom stereocenters. The Morgan fingerprint density at radius 1 is 1.09 bits per heavy atom. The molecule has 0 aromatic carbocycles. The standard InChI is InChI=1S/C24H34O10/c1-10-7-15(31-12(3)25)19(28)22(5)16(32-13(4)26)9-14(27)11(2)18(22)20(29)24-17(8-10)33-21(30)23(24,6)34-24/h8,11,14-20,27-29H,7,9H2,1-6H3/b10-8-/t11-,14-,15-,16-,17-,18+,19+,20+,22-,23-,24+/m0/s1. The summed E-state index contributed by atoms with van der Waals surface area (Å²) < 4.78 is 22.6. The van der Waals surface area contributed by atoms with Gasteiger partial charge in [-0.1, -0.05) is 19.4 Å². The second-order valence-corrected chi connectivity index (χ2v) is 10.7. The van der Waals surface area contributed by atoms with Gasteiger partial charge in [0, 0.05) is 38.0 Å². The second kappa shape index (κ2) is 8.01. The zero-order valence-electron chi connectivity index (χ0n) is 20.3. The lowest BCUT2D eigenvalue weighted by Gasteiger charge is -2.56. The summed E-state index contributed by atoms with van der Waals surface area (Å²) in [5.74, 6) is -3.35. The van der Waals surface area contributed by atoms with Gasteiger partial charge in [-0.3, -0.25) is 9.59 Å². The molecule has 2 aliphatic carbocycles. The molecule has 2 aliphatic heterocycles. The lowest BCUT2D eigenvalue weighted by molar-refractivity contribution is -0.235. The predicted molar refractivity (Wildman–Crippen MR) is 115 cm³/mol. The van der Waals surface area contributed by atoms with Crippen molar-refractivity contribution in [3.05, 3.63) is 11.6 Å². The Hall–Kier alpha value is -2.01. The van der Waals surface area contributed by atoms with Gasteiger partial charge in [0.25, 0.3) is 0 Å². The van der Waals surface area contributed by atoms with Crippen LogP contribution < -0.4 is 0 Å². The quantitative estimate of drug-likeness (QED) is 0.218. The van der Waals surface area contributed by atoms with E-state index in [2.05, 4.69) is 0 Å². The Balaban J connectivity index is 1.93. The zero-order valence-corrected chi connectivity index (χ0v) is 20.3. The maximum absolute atomic E-state index is 12.7. The van der Waals surface area contributed by atoms with Crippen molar-refractivity contribution in [3.63, 3.8) is 0 Å². The van der Waals surface area contributed by atoms with Gasteiger partial charge in [-0.25, -0.2) is 4.79 Å². The van der Waals surface area contributed by atoms with E-state index in [1.807, 2.05) is 0 Å². The van der Waals surface area contributed by atoms with Crippen molar-refractivity contribution in [2.75, 3.05) is 0 Å². The number of carbonyl (C=O) groups excluding carboxylic acids is 3. The number of hydrogen-bond acceptors (Lipinski definition) is 10. The van der Waals surface area contributed by atoms with Gasteiger partial charge in [0.1, 0.15) is 18.3 Å². The summed E-state index contributed by atoms with van der Waals surface area (Å²) in [7, 11) is 0. The fourth-order valence-electron chi connectivity index (χ4n) is 6.67. The number of carbonyl (C=O) groups is 3. The average molecular weight is 483 g/mol. The van der Waals surface area contributed by atoms with Crippen LogP contribution in [0.3, 0.4) is 0 Å². The number of aliphatic hydroxyl groups excluding tert-OH is 3. The van der Waals surface area contributed by atoms with Gasteiger partial charge in [0.15, 0.2) is 17.3 Å². The molecule has 2 saturated heterocycles. The van der Waals surface area contributed by atoms with Crippen molar-refractivity contribution in [3.8, 4) is 0 Å². The number of epoxide rings is 1. The molecule has 0 aromatic rings. The molecule has 34 heavy (non-hydrogen) atoms. The molecular weight excluding hydrogens is 448 g/mol. The maximum atomic E-state index is 12.7. The normalized spacial score (nSPS) is 51.6. The van der Waals surface area contributed by atoms with E-state index in [1.54, 1.807) is 33.8 Å². The zero-order chi connectivity index (χ0) is 25.4. The molecule has 3 fully saturated rings. The van der Waals surface area contributed by atoms with Crippen LogP contribution in [0.2, 0.25) is 0 Å². The monoisotopic (exact) mass is 482 g/mol. The molecule has 2 heterocycles. The topological polar surface area (TPSA) is 152 Å². The van der Waals surface area contributed by atoms with Crippen LogP contribution in [-0.2, 0) is 33.3 Å². The predicted octanol–water partition coefficient (Wildman–Crippen LogP) is 0.398. The summed E-state index contributed by atoms with van der Waals surface area (Å²) in [4.78, 5) is 36.6. The summed E-state index contributed by atoms with van der Waals surface area (Å²) in [5.41, 5.74) is -3.55. The summed E-state index contributed by atoms with van der Waals surface area (Å²) in [6, 6.07) is 0. The highest BCUT2D eigenvalue weighted by Gasteiger charge is 2.86. The van der Waals surface area contributed by atoms with Gasteiger partial charge in [0.05, 0.1) is 12.2 Å². The summed E-state index contributed by atoms with van der Waals surface area (Å²) in [6.45, 7) is 9.13. The largest absolute Gasteiger partial charge is 0.462 e. The van der Waals surface area contributed by atoms with Crippen LogP contribution in [0.5, 0.6) is 0 Å². The molecule has 1 saturated carbocycles. The van der Waals surface area contributed by atoms with Gasteiger partial charge < -0.3 is 34.3 Å². The van der Waals surface area contributed by atoms with Crippen molar-refractivity contribution < 1.29 is 48.7 Å². The Labute approximate surface area is 198 Å². The third kappa shape index (κ3) is 3.33. The van der Waals surface area contributed by atoms with Gasteiger partial charge in [0.2, 0.25) is 0 Å². The fraction of sp³-hybridized carbons (Fsp3) is 0.792. The second-order valence-electron chi connectivity index (χ2n) is 10.7. The number of ether oxygens (including phenoxy) is 4. The molecular formula is C24H34O10. The van der Waals surface area contributed by atoms with Crippen LogP contribution in [0.15, 0.2) is 11.6 Å². The molecule has 10 heteroatoms. The number of esters is 3. The van der Waals surface area contributed by atoms with E-state index in [4.69, 9.17) is 18.9 Å². The van der Waals surface area contributed by atoms with Gasteiger partial charge >= 0.3 is 17.9 Å².